The van der Waals surface area contributed by atoms with Gasteiger partial charge in [-0.3, -0.25) is 14.6 Å². The zero-order valence-corrected chi connectivity index (χ0v) is 13.5. The number of esters is 1. The summed E-state index contributed by atoms with van der Waals surface area (Å²) in [7, 11) is 1.58. The van der Waals surface area contributed by atoms with Gasteiger partial charge in [0.1, 0.15) is 6.61 Å². The third-order valence-corrected chi connectivity index (χ3v) is 3.79. The molecule has 1 heterocycles. The third kappa shape index (κ3) is 2.92. The Morgan fingerprint density at radius 2 is 2.04 bits per heavy atom. The van der Waals surface area contributed by atoms with Crippen molar-refractivity contribution in [2.75, 3.05) is 7.05 Å². The summed E-state index contributed by atoms with van der Waals surface area (Å²) in [4.78, 5) is 40.8. The molecule has 1 aliphatic rings. The molecule has 2 rings (SSSR count). The molecule has 0 atom stereocenters. The SMILES string of the molecule is C/C=C(/C)C(=O)OCc1nccc2c1C(=O)C(NC)=C(C)C2=O. The predicted octanol–water partition coefficient (Wildman–Crippen LogP) is 1.96. The van der Waals surface area contributed by atoms with Crippen LogP contribution in [0.1, 0.15) is 47.2 Å². The molecule has 0 saturated carbocycles. The summed E-state index contributed by atoms with van der Waals surface area (Å²) in [5.74, 6) is -1.04. The Balaban J connectivity index is 2.40. The molecule has 0 aromatic carbocycles. The lowest BCUT2D eigenvalue weighted by atomic mass is 9.87. The molecular formula is C17H18N2O4. The first-order chi connectivity index (χ1) is 10.9. The van der Waals surface area contributed by atoms with Crippen LogP contribution in [-0.4, -0.2) is 29.6 Å². The van der Waals surface area contributed by atoms with Gasteiger partial charge in [0.05, 0.1) is 17.0 Å². The lowest BCUT2D eigenvalue weighted by Gasteiger charge is -2.20. The lowest BCUT2D eigenvalue weighted by Crippen LogP contribution is -2.29. The number of nitrogens with one attached hydrogen (secondary N) is 1. The number of allylic oxidation sites excluding steroid dienone is 3. The standard InChI is InChI=1S/C17H18N2O4/c1-5-9(2)17(22)23-8-12-13-11(6-7-19-12)15(20)10(3)14(18-4)16(13)21/h5-7,18H,8H2,1-4H3/b9-5-. The molecule has 1 aliphatic carbocycles. The number of ether oxygens (including phenoxy) is 1. The van der Waals surface area contributed by atoms with Crippen LogP contribution in [0.15, 0.2) is 35.2 Å². The molecule has 6 nitrogen and oxygen atoms in total. The van der Waals surface area contributed by atoms with E-state index < -0.39 is 5.97 Å². The van der Waals surface area contributed by atoms with Gasteiger partial charge in [-0.15, -0.1) is 0 Å². The van der Waals surface area contributed by atoms with Crippen LogP contribution >= 0.6 is 0 Å². The highest BCUT2D eigenvalue weighted by atomic mass is 16.5. The first-order valence-electron chi connectivity index (χ1n) is 7.18. The third-order valence-electron chi connectivity index (χ3n) is 3.79. The van der Waals surface area contributed by atoms with E-state index in [-0.39, 0.29) is 40.7 Å². The van der Waals surface area contributed by atoms with E-state index in [1.54, 1.807) is 33.9 Å². The van der Waals surface area contributed by atoms with Crippen molar-refractivity contribution in [1.29, 1.82) is 0 Å². The van der Waals surface area contributed by atoms with Crippen molar-refractivity contribution in [3.05, 3.63) is 52.0 Å². The molecule has 6 heteroatoms. The lowest BCUT2D eigenvalue weighted by molar-refractivity contribution is -0.140. The summed E-state index contributed by atoms with van der Waals surface area (Å²) in [6, 6.07) is 1.51. The van der Waals surface area contributed by atoms with Gasteiger partial charge in [0.25, 0.3) is 0 Å². The van der Waals surface area contributed by atoms with E-state index in [1.165, 1.54) is 12.3 Å². The van der Waals surface area contributed by atoms with E-state index in [9.17, 15) is 14.4 Å². The number of carbonyl (C=O) groups is 3. The molecule has 1 aromatic heterocycles. The first-order valence-corrected chi connectivity index (χ1v) is 7.18. The number of pyridine rings is 1. The number of likely N-dealkylation sites (N-methyl/N-ethyl adjacent to an activating group) is 1. The molecule has 1 aromatic rings. The van der Waals surface area contributed by atoms with Crippen LogP contribution < -0.4 is 5.32 Å². The molecule has 0 spiro atoms. The van der Waals surface area contributed by atoms with Gasteiger partial charge in [-0.1, -0.05) is 6.08 Å². The summed E-state index contributed by atoms with van der Waals surface area (Å²) in [6.07, 6.45) is 3.07. The van der Waals surface area contributed by atoms with E-state index in [2.05, 4.69) is 10.3 Å². The fourth-order valence-corrected chi connectivity index (χ4v) is 2.33. The molecule has 120 valence electrons. The zero-order valence-electron chi connectivity index (χ0n) is 13.5. The summed E-state index contributed by atoms with van der Waals surface area (Å²) < 4.78 is 5.16. The van der Waals surface area contributed by atoms with Crippen molar-refractivity contribution in [3.63, 3.8) is 0 Å². The Labute approximate surface area is 134 Å². The molecule has 1 N–H and O–H groups in total. The molecule has 0 bridgehead atoms. The summed E-state index contributed by atoms with van der Waals surface area (Å²) in [6.45, 7) is 4.80. The number of fused-ring (bicyclic) bond motifs is 1. The van der Waals surface area contributed by atoms with Gasteiger partial charge in [-0.25, -0.2) is 4.79 Å². The van der Waals surface area contributed by atoms with E-state index in [4.69, 9.17) is 4.74 Å². The van der Waals surface area contributed by atoms with Crippen molar-refractivity contribution in [1.82, 2.24) is 10.3 Å². The number of hydrogen-bond donors (Lipinski definition) is 1. The maximum Gasteiger partial charge on any atom is 0.333 e. The normalized spacial score (nSPS) is 14.7. The van der Waals surface area contributed by atoms with Gasteiger partial charge in [0.2, 0.25) is 5.78 Å². The van der Waals surface area contributed by atoms with Crippen LogP contribution in [0.2, 0.25) is 0 Å². The Hall–Kier alpha value is -2.76. The number of ketones is 2. The van der Waals surface area contributed by atoms with E-state index in [0.29, 0.717) is 11.1 Å². The van der Waals surface area contributed by atoms with Crippen molar-refractivity contribution >= 4 is 17.5 Å². The fourth-order valence-electron chi connectivity index (χ4n) is 2.33. The van der Waals surface area contributed by atoms with E-state index in [1.807, 2.05) is 0 Å². The van der Waals surface area contributed by atoms with Crippen molar-refractivity contribution < 1.29 is 19.1 Å². The minimum Gasteiger partial charge on any atom is -0.456 e. The molecule has 23 heavy (non-hydrogen) atoms. The van der Waals surface area contributed by atoms with Crippen LogP contribution in [-0.2, 0) is 16.1 Å². The van der Waals surface area contributed by atoms with Gasteiger partial charge >= 0.3 is 5.97 Å². The summed E-state index contributed by atoms with van der Waals surface area (Å²) in [5.41, 5.74) is 1.83. The van der Waals surface area contributed by atoms with Gasteiger partial charge in [0, 0.05) is 30.0 Å². The van der Waals surface area contributed by atoms with Crippen LogP contribution in [0.4, 0.5) is 0 Å². The maximum absolute atomic E-state index is 12.6. The van der Waals surface area contributed by atoms with Gasteiger partial charge in [-0.05, 0) is 26.8 Å². The van der Waals surface area contributed by atoms with Crippen molar-refractivity contribution in [3.8, 4) is 0 Å². The highest BCUT2D eigenvalue weighted by molar-refractivity contribution is 6.26. The summed E-state index contributed by atoms with van der Waals surface area (Å²) in [5, 5.41) is 2.76. The van der Waals surface area contributed by atoms with Crippen LogP contribution in [0.3, 0.4) is 0 Å². The number of aromatic nitrogens is 1. The monoisotopic (exact) mass is 314 g/mol. The highest BCUT2D eigenvalue weighted by Gasteiger charge is 2.32. The molecule has 0 fully saturated rings. The minimum atomic E-state index is -0.484. The van der Waals surface area contributed by atoms with Crippen LogP contribution in [0, 0.1) is 0 Å². The topological polar surface area (TPSA) is 85.4 Å². The van der Waals surface area contributed by atoms with Crippen molar-refractivity contribution in [2.24, 2.45) is 0 Å². The number of rotatable bonds is 4. The summed E-state index contributed by atoms with van der Waals surface area (Å²) >= 11 is 0. The quantitative estimate of drug-likeness (QED) is 0.675. The molecular weight excluding hydrogens is 296 g/mol. The Morgan fingerprint density at radius 3 is 2.65 bits per heavy atom. The van der Waals surface area contributed by atoms with Gasteiger partial charge in [-0.2, -0.15) is 0 Å². The largest absolute Gasteiger partial charge is 0.456 e. The second kappa shape index (κ2) is 6.56. The molecule has 0 amide bonds. The Morgan fingerprint density at radius 1 is 1.35 bits per heavy atom. The van der Waals surface area contributed by atoms with Gasteiger partial charge < -0.3 is 10.1 Å². The van der Waals surface area contributed by atoms with E-state index in [0.717, 1.165) is 0 Å². The highest BCUT2D eigenvalue weighted by Crippen LogP contribution is 2.26. The second-order valence-electron chi connectivity index (χ2n) is 5.14. The van der Waals surface area contributed by atoms with E-state index >= 15 is 0 Å². The molecule has 0 unspecified atom stereocenters. The minimum absolute atomic E-state index is 0.164. The fraction of sp³-hybridized carbons (Fsp3) is 0.294. The number of carbonyl (C=O) groups excluding carboxylic acids is 3. The number of nitrogens with zero attached hydrogens (tertiary/aromatic N) is 1. The molecule has 0 radical (unpaired) electrons. The van der Waals surface area contributed by atoms with Crippen molar-refractivity contribution in [2.45, 2.75) is 27.4 Å². The number of Topliss-reactive ketones (excluding diaryl/α,β-unsaturated/α-hetero) is 2. The Bertz CT molecular complexity index is 760. The first kappa shape index (κ1) is 16.6. The van der Waals surface area contributed by atoms with Crippen LogP contribution in [0.5, 0.6) is 0 Å². The average Bonchev–Trinajstić information content (AvgIpc) is 2.57. The molecule has 0 aliphatic heterocycles. The average molecular weight is 314 g/mol. The zero-order chi connectivity index (χ0) is 17.1. The second-order valence-corrected chi connectivity index (χ2v) is 5.14. The molecule has 0 saturated heterocycles. The van der Waals surface area contributed by atoms with Crippen LogP contribution in [0.25, 0.3) is 0 Å². The Kier molecular flexibility index (Phi) is 4.74. The maximum atomic E-state index is 12.6. The van der Waals surface area contributed by atoms with Gasteiger partial charge in [0.15, 0.2) is 5.78 Å². The smallest absolute Gasteiger partial charge is 0.333 e. The predicted molar refractivity (Wildman–Crippen MR) is 83.9 cm³/mol. The number of hydrogen-bond acceptors (Lipinski definition) is 6.